The van der Waals surface area contributed by atoms with Crippen molar-refractivity contribution < 1.29 is 15.0 Å². The van der Waals surface area contributed by atoms with Gasteiger partial charge in [0, 0.05) is 17.1 Å². The number of carbonyl (C=O) groups is 1. The number of H-pyrrole nitrogens is 1. The van der Waals surface area contributed by atoms with Crippen molar-refractivity contribution in [2.24, 2.45) is 5.92 Å². The Hall–Kier alpha value is -2.23. The van der Waals surface area contributed by atoms with Gasteiger partial charge in [0.15, 0.2) is 0 Å². The molecule has 1 aromatic heterocycles. The van der Waals surface area contributed by atoms with E-state index in [4.69, 9.17) is 5.11 Å². The molecule has 0 fully saturated rings. The highest BCUT2D eigenvalue weighted by molar-refractivity contribution is 5.85. The lowest BCUT2D eigenvalue weighted by Gasteiger charge is -2.05. The smallest absolute Gasteiger partial charge is 0.310 e. The largest absolute Gasteiger partial charge is 0.508 e. The predicted molar refractivity (Wildman–Crippen MR) is 65.0 cm³/mol. The number of hydrogen-bond acceptors (Lipinski definition) is 2. The van der Waals surface area contributed by atoms with Gasteiger partial charge in [-0.1, -0.05) is 6.08 Å². The maximum absolute atomic E-state index is 10.9. The molecule has 0 spiro atoms. The van der Waals surface area contributed by atoms with E-state index in [2.05, 4.69) is 11.6 Å². The molecule has 88 valence electrons. The first-order valence-corrected chi connectivity index (χ1v) is 5.26. The molecule has 2 rings (SSSR count). The second kappa shape index (κ2) is 4.33. The first kappa shape index (κ1) is 11.3. The normalized spacial score (nSPS) is 12.5. The molecule has 1 atom stereocenters. The van der Waals surface area contributed by atoms with Crippen LogP contribution in [0.15, 0.2) is 37.1 Å². The quantitative estimate of drug-likeness (QED) is 0.707. The number of carboxylic acids is 1. The highest BCUT2D eigenvalue weighted by Gasteiger charge is 2.16. The summed E-state index contributed by atoms with van der Waals surface area (Å²) in [6.07, 6.45) is 3.55. The summed E-state index contributed by atoms with van der Waals surface area (Å²) in [5.41, 5.74) is 1.74. The first-order chi connectivity index (χ1) is 8.11. The zero-order chi connectivity index (χ0) is 12.4. The number of nitrogens with one attached hydrogen (secondary N) is 1. The van der Waals surface area contributed by atoms with Gasteiger partial charge in [-0.05, 0) is 30.2 Å². The van der Waals surface area contributed by atoms with Gasteiger partial charge >= 0.3 is 5.97 Å². The Bertz CT molecular complexity index is 571. The van der Waals surface area contributed by atoms with E-state index >= 15 is 0 Å². The van der Waals surface area contributed by atoms with Gasteiger partial charge in [-0.3, -0.25) is 4.79 Å². The predicted octanol–water partition coefficient (Wildman–Crippen LogP) is 2.30. The molecule has 2 aromatic rings. The molecule has 1 aromatic carbocycles. The minimum Gasteiger partial charge on any atom is -0.508 e. The van der Waals surface area contributed by atoms with E-state index in [9.17, 15) is 9.90 Å². The van der Waals surface area contributed by atoms with E-state index in [1.165, 1.54) is 6.08 Å². The number of aromatic hydroxyl groups is 1. The Kier molecular flexibility index (Phi) is 2.87. The van der Waals surface area contributed by atoms with E-state index in [0.717, 1.165) is 16.5 Å². The lowest BCUT2D eigenvalue weighted by Crippen LogP contribution is -2.13. The van der Waals surface area contributed by atoms with E-state index < -0.39 is 11.9 Å². The fraction of sp³-hybridized carbons (Fsp3) is 0.154. The highest BCUT2D eigenvalue weighted by atomic mass is 16.4. The molecule has 3 N–H and O–H groups in total. The summed E-state index contributed by atoms with van der Waals surface area (Å²) in [6, 6.07) is 4.98. The van der Waals surface area contributed by atoms with Gasteiger partial charge in [0.1, 0.15) is 5.75 Å². The minimum atomic E-state index is -0.894. The number of hydrogen-bond donors (Lipinski definition) is 3. The summed E-state index contributed by atoms with van der Waals surface area (Å²) in [4.78, 5) is 14.0. The fourth-order valence-electron chi connectivity index (χ4n) is 1.84. The number of aromatic amines is 1. The SMILES string of the molecule is C=CC(Cc1c[nH]c2ccc(O)cc12)C(=O)O. The van der Waals surface area contributed by atoms with Crippen molar-refractivity contribution >= 4 is 16.9 Å². The Morgan fingerprint density at radius 2 is 2.29 bits per heavy atom. The molecule has 0 bridgehead atoms. The summed E-state index contributed by atoms with van der Waals surface area (Å²) in [5, 5.41) is 19.2. The van der Waals surface area contributed by atoms with Gasteiger partial charge in [0.25, 0.3) is 0 Å². The summed E-state index contributed by atoms with van der Waals surface area (Å²) >= 11 is 0. The molecule has 1 unspecified atom stereocenters. The fourth-order valence-corrected chi connectivity index (χ4v) is 1.84. The zero-order valence-electron chi connectivity index (χ0n) is 9.18. The van der Waals surface area contributed by atoms with Gasteiger partial charge in [0.05, 0.1) is 5.92 Å². The lowest BCUT2D eigenvalue weighted by atomic mass is 9.99. The molecular weight excluding hydrogens is 218 g/mol. The van der Waals surface area contributed by atoms with Crippen LogP contribution in [0, 0.1) is 5.92 Å². The summed E-state index contributed by atoms with van der Waals surface area (Å²) in [6.45, 7) is 3.52. The lowest BCUT2D eigenvalue weighted by molar-refractivity contribution is -0.140. The summed E-state index contributed by atoms with van der Waals surface area (Å²) < 4.78 is 0. The Labute approximate surface area is 98.2 Å². The van der Waals surface area contributed by atoms with Crippen LogP contribution in [0.4, 0.5) is 0 Å². The number of phenolic OH excluding ortho intramolecular Hbond substituents is 1. The van der Waals surface area contributed by atoms with E-state index in [0.29, 0.717) is 6.42 Å². The van der Waals surface area contributed by atoms with Gasteiger partial charge in [-0.15, -0.1) is 6.58 Å². The van der Waals surface area contributed by atoms with Crippen LogP contribution in [0.25, 0.3) is 10.9 Å². The van der Waals surface area contributed by atoms with E-state index in [-0.39, 0.29) is 5.75 Å². The van der Waals surface area contributed by atoms with E-state index in [1.807, 2.05) is 0 Å². The maximum Gasteiger partial charge on any atom is 0.310 e. The van der Waals surface area contributed by atoms with Crippen molar-refractivity contribution in [1.82, 2.24) is 4.98 Å². The number of fused-ring (bicyclic) bond motifs is 1. The number of aliphatic carboxylic acids is 1. The van der Waals surface area contributed by atoms with Gasteiger partial charge in [-0.25, -0.2) is 0 Å². The molecule has 1 heterocycles. The molecule has 0 aliphatic carbocycles. The van der Waals surface area contributed by atoms with Crippen molar-refractivity contribution in [2.45, 2.75) is 6.42 Å². The Balaban J connectivity index is 2.38. The maximum atomic E-state index is 10.9. The van der Waals surface area contributed by atoms with Crippen molar-refractivity contribution in [2.75, 3.05) is 0 Å². The molecule has 4 heteroatoms. The van der Waals surface area contributed by atoms with Crippen molar-refractivity contribution in [3.8, 4) is 5.75 Å². The number of benzene rings is 1. The van der Waals surface area contributed by atoms with Crippen LogP contribution in [0.5, 0.6) is 5.75 Å². The van der Waals surface area contributed by atoms with Gasteiger partial charge < -0.3 is 15.2 Å². The van der Waals surface area contributed by atoms with Crippen LogP contribution in [0.1, 0.15) is 5.56 Å². The molecule has 0 saturated heterocycles. The third kappa shape index (κ3) is 2.15. The van der Waals surface area contributed by atoms with Crippen LogP contribution in [0.3, 0.4) is 0 Å². The molecule has 0 radical (unpaired) electrons. The van der Waals surface area contributed by atoms with Crippen LogP contribution < -0.4 is 0 Å². The standard InChI is InChI=1S/C13H13NO3/c1-2-8(13(16)17)5-9-7-14-12-4-3-10(15)6-11(9)12/h2-4,6-8,14-15H,1,5H2,(H,16,17). The average Bonchev–Trinajstić information content (AvgIpc) is 2.68. The molecule has 0 aliphatic rings. The topological polar surface area (TPSA) is 73.3 Å². The van der Waals surface area contributed by atoms with Gasteiger partial charge in [0.2, 0.25) is 0 Å². The molecule has 0 aliphatic heterocycles. The summed E-state index contributed by atoms with van der Waals surface area (Å²) in [7, 11) is 0. The zero-order valence-corrected chi connectivity index (χ0v) is 9.18. The highest BCUT2D eigenvalue weighted by Crippen LogP contribution is 2.25. The Morgan fingerprint density at radius 3 is 2.94 bits per heavy atom. The number of phenols is 1. The number of rotatable bonds is 4. The van der Waals surface area contributed by atoms with Crippen molar-refractivity contribution in [3.63, 3.8) is 0 Å². The van der Waals surface area contributed by atoms with Gasteiger partial charge in [-0.2, -0.15) is 0 Å². The summed E-state index contributed by atoms with van der Waals surface area (Å²) in [5.74, 6) is -1.34. The number of aromatic nitrogens is 1. The molecule has 4 nitrogen and oxygen atoms in total. The van der Waals surface area contributed by atoms with Crippen molar-refractivity contribution in [3.05, 3.63) is 42.6 Å². The molecule has 17 heavy (non-hydrogen) atoms. The average molecular weight is 231 g/mol. The minimum absolute atomic E-state index is 0.170. The molecular formula is C13H13NO3. The third-order valence-electron chi connectivity index (χ3n) is 2.79. The monoisotopic (exact) mass is 231 g/mol. The first-order valence-electron chi connectivity index (χ1n) is 5.26. The number of carboxylic acid groups (broad SMARTS) is 1. The van der Waals surface area contributed by atoms with Crippen LogP contribution in [-0.2, 0) is 11.2 Å². The molecule has 0 amide bonds. The third-order valence-corrected chi connectivity index (χ3v) is 2.79. The van der Waals surface area contributed by atoms with Crippen LogP contribution in [-0.4, -0.2) is 21.2 Å². The van der Waals surface area contributed by atoms with E-state index in [1.54, 1.807) is 24.4 Å². The second-order valence-corrected chi connectivity index (χ2v) is 3.93. The Morgan fingerprint density at radius 1 is 1.53 bits per heavy atom. The van der Waals surface area contributed by atoms with Crippen LogP contribution in [0.2, 0.25) is 0 Å². The van der Waals surface area contributed by atoms with Crippen molar-refractivity contribution in [1.29, 1.82) is 0 Å². The molecule has 0 saturated carbocycles. The second-order valence-electron chi connectivity index (χ2n) is 3.93. The van der Waals surface area contributed by atoms with Crippen LogP contribution >= 0.6 is 0 Å².